The molecule has 2 aliphatic rings. The van der Waals surface area contributed by atoms with E-state index in [2.05, 4.69) is 9.80 Å². The molecule has 1 amide bonds. The molecular formula is C27H26ClN5O4S2. The highest BCUT2D eigenvalue weighted by Gasteiger charge is 2.33. The molecule has 3 aromatic rings. The molecule has 0 unspecified atom stereocenters. The second kappa shape index (κ2) is 11.4. The number of nitrogens with zero attached hydrogens (tertiary/aromatic N) is 5. The van der Waals surface area contributed by atoms with Crippen LogP contribution < -0.4 is 15.4 Å². The Morgan fingerprint density at radius 3 is 2.62 bits per heavy atom. The Balaban J connectivity index is 1.48. The molecule has 4 heterocycles. The zero-order valence-electron chi connectivity index (χ0n) is 21.2. The first-order valence-electron chi connectivity index (χ1n) is 12.5. The largest absolute Gasteiger partial charge is 0.481 e. The van der Waals surface area contributed by atoms with Crippen molar-refractivity contribution < 1.29 is 14.7 Å². The lowest BCUT2D eigenvalue weighted by Gasteiger charge is -2.37. The maximum absolute atomic E-state index is 13.8. The number of amides is 1. The van der Waals surface area contributed by atoms with Crippen molar-refractivity contribution in [3.8, 4) is 0 Å². The summed E-state index contributed by atoms with van der Waals surface area (Å²) in [6, 6.07) is 11.4. The third kappa shape index (κ3) is 5.80. The Bertz CT molecular complexity index is 1570. The summed E-state index contributed by atoms with van der Waals surface area (Å²) in [5.74, 6) is -0.742. The average molecular weight is 584 g/mol. The van der Waals surface area contributed by atoms with Gasteiger partial charge in [-0.05, 0) is 49.2 Å². The highest BCUT2D eigenvalue weighted by Crippen LogP contribution is 2.34. The molecule has 0 saturated carbocycles. The second-order valence-electron chi connectivity index (χ2n) is 9.37. The van der Waals surface area contributed by atoms with Crippen LogP contribution in [0.15, 0.2) is 52.3 Å². The minimum atomic E-state index is -0.929. The maximum atomic E-state index is 13.8. The van der Waals surface area contributed by atoms with Gasteiger partial charge in [0.25, 0.3) is 11.5 Å². The number of aryl methyl sites for hydroxylation is 1. The molecular weight excluding hydrogens is 558 g/mol. The number of rotatable bonds is 7. The Hall–Kier alpha value is -3.41. The quantitative estimate of drug-likeness (QED) is 0.326. The van der Waals surface area contributed by atoms with E-state index < -0.39 is 5.97 Å². The number of piperazine rings is 1. The lowest BCUT2D eigenvalue weighted by molar-refractivity contribution is -0.137. The number of anilines is 2. The van der Waals surface area contributed by atoms with E-state index in [0.717, 1.165) is 23.0 Å². The number of aromatic nitrogens is 2. The van der Waals surface area contributed by atoms with Gasteiger partial charge in [-0.1, -0.05) is 47.7 Å². The van der Waals surface area contributed by atoms with Gasteiger partial charge in [-0.25, -0.2) is 4.98 Å². The van der Waals surface area contributed by atoms with Crippen molar-refractivity contribution in [1.29, 1.82) is 0 Å². The van der Waals surface area contributed by atoms with Gasteiger partial charge in [0.15, 0.2) is 0 Å². The zero-order chi connectivity index (χ0) is 27.7. The van der Waals surface area contributed by atoms with Gasteiger partial charge in [0.2, 0.25) is 0 Å². The van der Waals surface area contributed by atoms with Crippen LogP contribution in [0.5, 0.6) is 0 Å². The summed E-state index contributed by atoms with van der Waals surface area (Å²) in [6.45, 7) is 4.77. The summed E-state index contributed by atoms with van der Waals surface area (Å²) in [7, 11) is 0. The topological polar surface area (TPSA) is 98.5 Å². The summed E-state index contributed by atoms with van der Waals surface area (Å²) in [5, 5.41) is 9.62. The van der Waals surface area contributed by atoms with Gasteiger partial charge < -0.3 is 14.9 Å². The van der Waals surface area contributed by atoms with Crippen LogP contribution in [-0.2, 0) is 9.59 Å². The number of carboxylic acid groups (broad SMARTS) is 1. The number of thioether (sulfide) groups is 1. The van der Waals surface area contributed by atoms with E-state index in [1.807, 2.05) is 43.3 Å². The Kier molecular flexibility index (Phi) is 7.92. The van der Waals surface area contributed by atoms with E-state index in [0.29, 0.717) is 57.5 Å². The van der Waals surface area contributed by atoms with Crippen LogP contribution in [-0.4, -0.2) is 68.3 Å². The first kappa shape index (κ1) is 27.2. The molecule has 0 aliphatic carbocycles. The molecule has 1 N–H and O–H groups in total. The number of carbonyl (C=O) groups is 2. The Labute approximate surface area is 239 Å². The number of carboxylic acids is 1. The predicted octanol–water partition coefficient (Wildman–Crippen LogP) is 4.05. The van der Waals surface area contributed by atoms with E-state index in [1.165, 1.54) is 9.30 Å². The molecule has 2 aliphatic heterocycles. The van der Waals surface area contributed by atoms with E-state index in [-0.39, 0.29) is 30.9 Å². The van der Waals surface area contributed by atoms with Gasteiger partial charge >= 0.3 is 5.97 Å². The van der Waals surface area contributed by atoms with E-state index in [1.54, 1.807) is 12.3 Å². The molecule has 2 aromatic heterocycles. The fraction of sp³-hybridized carbons (Fsp3) is 0.296. The highest BCUT2D eigenvalue weighted by molar-refractivity contribution is 8.26. The number of fused-ring (bicyclic) bond motifs is 1. The normalized spacial score (nSPS) is 17.1. The fourth-order valence-electron chi connectivity index (χ4n) is 4.68. The third-order valence-electron chi connectivity index (χ3n) is 6.66. The van der Waals surface area contributed by atoms with Crippen LogP contribution in [0.3, 0.4) is 0 Å². The molecule has 0 radical (unpaired) electrons. The fourth-order valence-corrected chi connectivity index (χ4v) is 6.15. The van der Waals surface area contributed by atoms with Gasteiger partial charge in [-0.3, -0.25) is 23.7 Å². The summed E-state index contributed by atoms with van der Waals surface area (Å²) < 4.78 is 1.85. The molecule has 0 atom stereocenters. The molecule has 0 bridgehead atoms. The van der Waals surface area contributed by atoms with Crippen molar-refractivity contribution >= 4 is 75.0 Å². The average Bonchev–Trinajstić information content (AvgIpc) is 3.18. The molecule has 12 heteroatoms. The Morgan fingerprint density at radius 1 is 1.15 bits per heavy atom. The number of halogens is 1. The lowest BCUT2D eigenvalue weighted by Crippen LogP contribution is -2.47. The number of thiocarbonyl (C=S) groups is 1. The smallest absolute Gasteiger partial charge is 0.303 e. The minimum absolute atomic E-state index is 0.0588. The summed E-state index contributed by atoms with van der Waals surface area (Å²) >= 11 is 12.7. The molecule has 1 aromatic carbocycles. The number of hydrogen-bond donors (Lipinski definition) is 1. The summed E-state index contributed by atoms with van der Waals surface area (Å²) in [5.41, 5.74) is 2.52. The predicted molar refractivity (Wildman–Crippen MR) is 159 cm³/mol. The first-order valence-corrected chi connectivity index (χ1v) is 14.1. The SMILES string of the molecule is Cc1ccc2nc(N3CCN(c4cccc(Cl)c4)CC3)c(C=C3SC(=S)N(CCCC(=O)O)C3=O)c(=O)n2c1. The molecule has 5 rings (SSSR count). The van der Waals surface area contributed by atoms with Crippen molar-refractivity contribution in [2.45, 2.75) is 19.8 Å². The Morgan fingerprint density at radius 2 is 1.90 bits per heavy atom. The van der Waals surface area contributed by atoms with Crippen molar-refractivity contribution in [1.82, 2.24) is 14.3 Å². The zero-order valence-corrected chi connectivity index (χ0v) is 23.6. The lowest BCUT2D eigenvalue weighted by atomic mass is 10.2. The van der Waals surface area contributed by atoms with Gasteiger partial charge in [0.05, 0.1) is 10.5 Å². The maximum Gasteiger partial charge on any atom is 0.303 e. The molecule has 2 fully saturated rings. The van der Waals surface area contributed by atoms with Crippen molar-refractivity contribution in [2.24, 2.45) is 0 Å². The number of aliphatic carboxylic acids is 1. The van der Waals surface area contributed by atoms with Gasteiger partial charge in [-0.2, -0.15) is 0 Å². The molecule has 202 valence electrons. The molecule has 2 saturated heterocycles. The summed E-state index contributed by atoms with van der Waals surface area (Å²) in [6.07, 6.45) is 3.55. The van der Waals surface area contributed by atoms with Crippen LogP contribution in [0.4, 0.5) is 11.5 Å². The highest BCUT2D eigenvalue weighted by atomic mass is 35.5. The van der Waals surface area contributed by atoms with Crippen molar-refractivity contribution in [3.63, 3.8) is 0 Å². The van der Waals surface area contributed by atoms with E-state index in [9.17, 15) is 14.4 Å². The second-order valence-corrected chi connectivity index (χ2v) is 11.5. The van der Waals surface area contributed by atoms with Crippen molar-refractivity contribution in [2.75, 3.05) is 42.5 Å². The molecule has 9 nitrogen and oxygen atoms in total. The monoisotopic (exact) mass is 583 g/mol. The standard InChI is InChI=1S/C27H26ClN5O4S2/c1-17-7-8-22-29-24(31-12-10-30(11-13-31)19-5-2-4-18(28)14-19)20(25(36)33(22)16-17)15-21-26(37)32(27(38)39-21)9-3-6-23(34)35/h2,4-5,7-8,14-16H,3,6,9-13H2,1H3,(H,34,35). The van der Waals surface area contributed by atoms with Crippen LogP contribution in [0.2, 0.25) is 5.02 Å². The van der Waals surface area contributed by atoms with Gasteiger partial charge in [-0.15, -0.1) is 0 Å². The number of benzene rings is 1. The van der Waals surface area contributed by atoms with Crippen LogP contribution >= 0.6 is 35.6 Å². The number of hydrogen-bond acceptors (Lipinski definition) is 8. The first-order chi connectivity index (χ1) is 18.7. The molecule has 0 spiro atoms. The van der Waals surface area contributed by atoms with E-state index >= 15 is 0 Å². The van der Waals surface area contributed by atoms with Crippen LogP contribution in [0.1, 0.15) is 24.0 Å². The van der Waals surface area contributed by atoms with Crippen LogP contribution in [0.25, 0.3) is 11.7 Å². The van der Waals surface area contributed by atoms with Crippen molar-refractivity contribution in [3.05, 3.63) is 74.0 Å². The summed E-state index contributed by atoms with van der Waals surface area (Å²) in [4.78, 5) is 48.7. The van der Waals surface area contributed by atoms with Gasteiger partial charge in [0, 0.05) is 56.1 Å². The number of pyridine rings is 1. The van der Waals surface area contributed by atoms with E-state index in [4.69, 9.17) is 33.9 Å². The third-order valence-corrected chi connectivity index (χ3v) is 8.27. The minimum Gasteiger partial charge on any atom is -0.481 e. The van der Waals surface area contributed by atoms with Gasteiger partial charge in [0.1, 0.15) is 15.8 Å². The van der Waals surface area contributed by atoms with Crippen LogP contribution in [0, 0.1) is 6.92 Å². The molecule has 39 heavy (non-hydrogen) atoms. The number of carbonyl (C=O) groups excluding carboxylic acids is 1.